The van der Waals surface area contributed by atoms with E-state index >= 15 is 0 Å². The lowest BCUT2D eigenvalue weighted by Gasteiger charge is -2.25. The molecule has 0 bridgehead atoms. The molecule has 0 aromatic carbocycles. The highest BCUT2D eigenvalue weighted by atomic mass is 35.5. The molecule has 1 aliphatic heterocycles. The lowest BCUT2D eigenvalue weighted by atomic mass is 9.93. The van der Waals surface area contributed by atoms with Gasteiger partial charge in [0.15, 0.2) is 0 Å². The van der Waals surface area contributed by atoms with E-state index in [1.54, 1.807) is 18.3 Å². The minimum Gasteiger partial charge on any atom is -0.339 e. The average molecular weight is 279 g/mol. The van der Waals surface area contributed by atoms with Crippen LogP contribution >= 0.6 is 11.6 Å². The van der Waals surface area contributed by atoms with E-state index in [0.29, 0.717) is 34.4 Å². The van der Waals surface area contributed by atoms with Crippen LogP contribution in [0.15, 0.2) is 22.9 Å². The van der Waals surface area contributed by atoms with Gasteiger partial charge in [-0.3, -0.25) is 4.98 Å². The van der Waals surface area contributed by atoms with E-state index in [1.165, 1.54) is 0 Å². The lowest BCUT2D eigenvalue weighted by molar-refractivity contribution is 0.295. The maximum atomic E-state index is 5.81. The smallest absolute Gasteiger partial charge is 0.230 e. The third-order valence-electron chi connectivity index (χ3n) is 3.37. The van der Waals surface area contributed by atoms with Crippen LogP contribution in [0.3, 0.4) is 0 Å². The van der Waals surface area contributed by atoms with Crippen LogP contribution in [-0.2, 0) is 0 Å². The van der Waals surface area contributed by atoms with Gasteiger partial charge in [-0.05, 0) is 38.4 Å². The van der Waals surface area contributed by atoms with E-state index in [0.717, 1.165) is 19.4 Å². The molecule has 2 unspecified atom stereocenters. The van der Waals surface area contributed by atoms with Crippen molar-refractivity contribution in [2.45, 2.75) is 31.7 Å². The predicted molar refractivity (Wildman–Crippen MR) is 72.0 cm³/mol. The summed E-state index contributed by atoms with van der Waals surface area (Å²) in [6, 6.07) is 4.05. The first-order valence-electron chi connectivity index (χ1n) is 6.41. The maximum Gasteiger partial charge on any atom is 0.230 e. The molecular weight excluding hydrogens is 264 g/mol. The van der Waals surface area contributed by atoms with Gasteiger partial charge in [-0.15, -0.1) is 0 Å². The van der Waals surface area contributed by atoms with Crippen LogP contribution < -0.4 is 5.32 Å². The van der Waals surface area contributed by atoms with Crippen molar-refractivity contribution < 1.29 is 4.52 Å². The van der Waals surface area contributed by atoms with Gasteiger partial charge in [-0.1, -0.05) is 16.8 Å². The lowest BCUT2D eigenvalue weighted by Crippen LogP contribution is -2.34. The number of rotatable bonds is 2. The van der Waals surface area contributed by atoms with Gasteiger partial charge >= 0.3 is 0 Å². The summed E-state index contributed by atoms with van der Waals surface area (Å²) in [7, 11) is 0. The molecule has 0 radical (unpaired) electrons. The van der Waals surface area contributed by atoms with Crippen molar-refractivity contribution in [3.05, 3.63) is 29.2 Å². The number of aromatic nitrogens is 3. The molecule has 2 atom stereocenters. The molecule has 0 spiro atoms. The summed E-state index contributed by atoms with van der Waals surface area (Å²) in [6.07, 6.45) is 3.63. The van der Waals surface area contributed by atoms with Crippen LogP contribution in [-0.4, -0.2) is 27.7 Å². The van der Waals surface area contributed by atoms with Crippen LogP contribution in [0.2, 0.25) is 5.02 Å². The molecule has 19 heavy (non-hydrogen) atoms. The van der Waals surface area contributed by atoms with Gasteiger partial charge in [0.05, 0.1) is 5.02 Å². The van der Waals surface area contributed by atoms with E-state index in [9.17, 15) is 0 Å². The average Bonchev–Trinajstić information content (AvgIpc) is 2.89. The Morgan fingerprint density at radius 2 is 2.32 bits per heavy atom. The minimum absolute atomic E-state index is 0.338. The Bertz CT molecular complexity index is 554. The molecule has 0 amide bonds. The Morgan fingerprint density at radius 3 is 3.05 bits per heavy atom. The number of pyridine rings is 1. The second kappa shape index (κ2) is 5.27. The van der Waals surface area contributed by atoms with Gasteiger partial charge in [0.2, 0.25) is 11.7 Å². The SMILES string of the molecule is CC1CC(c2nc(-c3ccc(Cl)cn3)no2)CCN1. The zero-order valence-corrected chi connectivity index (χ0v) is 11.4. The van der Waals surface area contributed by atoms with E-state index in [1.807, 2.05) is 0 Å². The van der Waals surface area contributed by atoms with Crippen LogP contribution in [0.5, 0.6) is 0 Å². The Hall–Kier alpha value is -1.46. The number of nitrogens with one attached hydrogen (secondary N) is 1. The highest BCUT2D eigenvalue weighted by Gasteiger charge is 2.25. The van der Waals surface area contributed by atoms with Gasteiger partial charge in [-0.25, -0.2) is 0 Å². The maximum absolute atomic E-state index is 5.81. The zero-order chi connectivity index (χ0) is 13.2. The second-order valence-corrected chi connectivity index (χ2v) is 5.33. The summed E-state index contributed by atoms with van der Waals surface area (Å²) in [5.41, 5.74) is 0.682. The molecule has 1 aliphatic rings. The summed E-state index contributed by atoms with van der Waals surface area (Å²) < 4.78 is 5.38. The first kappa shape index (κ1) is 12.6. The van der Waals surface area contributed by atoms with Crippen molar-refractivity contribution in [3.63, 3.8) is 0 Å². The first-order chi connectivity index (χ1) is 9.22. The summed E-state index contributed by atoms with van der Waals surface area (Å²) in [6.45, 7) is 3.16. The van der Waals surface area contributed by atoms with Crippen molar-refractivity contribution in [2.24, 2.45) is 0 Å². The third kappa shape index (κ3) is 2.77. The number of hydrogen-bond donors (Lipinski definition) is 1. The Labute approximate surface area is 116 Å². The molecule has 2 aromatic heterocycles. The molecule has 1 N–H and O–H groups in total. The molecule has 1 saturated heterocycles. The normalized spacial score (nSPS) is 23.5. The molecule has 1 fully saturated rings. The van der Waals surface area contributed by atoms with Gasteiger partial charge in [-0.2, -0.15) is 4.98 Å². The fraction of sp³-hybridized carbons (Fsp3) is 0.462. The quantitative estimate of drug-likeness (QED) is 0.915. The monoisotopic (exact) mass is 278 g/mol. The summed E-state index contributed by atoms with van der Waals surface area (Å²) in [4.78, 5) is 8.65. The van der Waals surface area contributed by atoms with E-state index in [4.69, 9.17) is 16.1 Å². The van der Waals surface area contributed by atoms with Crippen molar-refractivity contribution in [3.8, 4) is 11.5 Å². The number of hydrogen-bond acceptors (Lipinski definition) is 5. The van der Waals surface area contributed by atoms with Crippen LogP contribution in [0, 0.1) is 0 Å². The fourth-order valence-corrected chi connectivity index (χ4v) is 2.48. The topological polar surface area (TPSA) is 63.8 Å². The highest BCUT2D eigenvalue weighted by Crippen LogP contribution is 2.27. The van der Waals surface area contributed by atoms with Gasteiger partial charge in [0.25, 0.3) is 0 Å². The van der Waals surface area contributed by atoms with Crippen molar-refractivity contribution in [1.29, 1.82) is 0 Å². The van der Waals surface area contributed by atoms with Crippen LogP contribution in [0.1, 0.15) is 31.6 Å². The van der Waals surface area contributed by atoms with Gasteiger partial charge in [0, 0.05) is 18.2 Å². The van der Waals surface area contributed by atoms with Crippen molar-refractivity contribution in [1.82, 2.24) is 20.4 Å². The van der Waals surface area contributed by atoms with Crippen LogP contribution in [0.4, 0.5) is 0 Å². The highest BCUT2D eigenvalue weighted by molar-refractivity contribution is 6.30. The van der Waals surface area contributed by atoms with Gasteiger partial charge in [0.1, 0.15) is 5.69 Å². The molecule has 3 heterocycles. The fourth-order valence-electron chi connectivity index (χ4n) is 2.37. The number of nitrogens with zero attached hydrogens (tertiary/aromatic N) is 3. The zero-order valence-electron chi connectivity index (χ0n) is 10.6. The van der Waals surface area contributed by atoms with Crippen molar-refractivity contribution in [2.75, 3.05) is 6.54 Å². The number of halogens is 1. The molecule has 6 heteroatoms. The molecule has 0 saturated carbocycles. The standard InChI is InChI=1S/C13H15ClN4O/c1-8-6-9(4-5-15-8)13-17-12(18-19-13)11-3-2-10(14)7-16-11/h2-3,7-9,15H,4-6H2,1H3. The second-order valence-electron chi connectivity index (χ2n) is 4.89. The largest absolute Gasteiger partial charge is 0.339 e. The summed E-state index contributed by atoms with van der Waals surface area (Å²) >= 11 is 5.81. The minimum atomic E-state index is 0.338. The number of piperidine rings is 1. The molecule has 5 nitrogen and oxygen atoms in total. The van der Waals surface area contributed by atoms with E-state index in [2.05, 4.69) is 27.4 Å². The Balaban J connectivity index is 1.81. The van der Waals surface area contributed by atoms with E-state index < -0.39 is 0 Å². The molecule has 0 aliphatic carbocycles. The van der Waals surface area contributed by atoms with Crippen molar-refractivity contribution >= 4 is 11.6 Å². The Kier molecular flexibility index (Phi) is 3.48. The molecular formula is C13H15ClN4O. The third-order valence-corrected chi connectivity index (χ3v) is 3.59. The summed E-state index contributed by atoms with van der Waals surface area (Å²) in [5, 5.41) is 8.01. The Morgan fingerprint density at radius 1 is 1.42 bits per heavy atom. The summed E-state index contributed by atoms with van der Waals surface area (Å²) in [5.74, 6) is 1.57. The van der Waals surface area contributed by atoms with Crippen LogP contribution in [0.25, 0.3) is 11.5 Å². The predicted octanol–water partition coefficient (Wildman–Crippen LogP) is 2.64. The van der Waals surface area contributed by atoms with E-state index in [-0.39, 0.29) is 0 Å². The first-order valence-corrected chi connectivity index (χ1v) is 6.79. The van der Waals surface area contributed by atoms with Gasteiger partial charge < -0.3 is 9.84 Å². The molecule has 2 aromatic rings. The molecule has 3 rings (SSSR count). The molecule has 100 valence electrons.